The van der Waals surface area contributed by atoms with Gasteiger partial charge in [0.1, 0.15) is 11.3 Å². The SMILES string of the molecule is O=c1c2cnc3ccc(N4CCN(c5ccccc5)CC4)nc3c2[nH]n1-c1ccccc1. The molecular formula is C25H22N6O. The first-order chi connectivity index (χ1) is 15.8. The highest BCUT2D eigenvalue weighted by atomic mass is 16.1. The third-order valence-electron chi connectivity index (χ3n) is 6.09. The second kappa shape index (κ2) is 7.53. The fourth-order valence-corrected chi connectivity index (χ4v) is 4.38. The number of para-hydroxylation sites is 2. The molecule has 0 radical (unpaired) electrons. The smallest absolute Gasteiger partial charge is 0.280 e. The number of hydrogen-bond donors (Lipinski definition) is 1. The van der Waals surface area contributed by atoms with E-state index in [1.54, 1.807) is 10.9 Å². The maximum absolute atomic E-state index is 13.0. The third-order valence-corrected chi connectivity index (χ3v) is 6.09. The highest BCUT2D eigenvalue weighted by Crippen LogP contribution is 2.24. The van der Waals surface area contributed by atoms with Crippen molar-refractivity contribution in [3.05, 3.63) is 89.3 Å². The summed E-state index contributed by atoms with van der Waals surface area (Å²) in [5.41, 5.74) is 4.13. The Bertz CT molecular complexity index is 1450. The van der Waals surface area contributed by atoms with Crippen LogP contribution in [-0.4, -0.2) is 45.9 Å². The summed E-state index contributed by atoms with van der Waals surface area (Å²) in [5, 5.41) is 3.80. The van der Waals surface area contributed by atoms with E-state index < -0.39 is 0 Å². The fourth-order valence-electron chi connectivity index (χ4n) is 4.38. The van der Waals surface area contributed by atoms with Gasteiger partial charge in [-0.3, -0.25) is 14.9 Å². The average Bonchev–Trinajstić information content (AvgIpc) is 3.22. The minimum Gasteiger partial charge on any atom is -0.368 e. The average molecular weight is 422 g/mol. The number of piperazine rings is 1. The van der Waals surface area contributed by atoms with Gasteiger partial charge in [-0.05, 0) is 36.4 Å². The Hall–Kier alpha value is -4.13. The second-order valence-electron chi connectivity index (χ2n) is 7.98. The van der Waals surface area contributed by atoms with Gasteiger partial charge in [0, 0.05) is 38.1 Å². The summed E-state index contributed by atoms with van der Waals surface area (Å²) in [4.78, 5) is 27.1. The number of aromatic amines is 1. The van der Waals surface area contributed by atoms with Gasteiger partial charge in [-0.15, -0.1) is 0 Å². The maximum atomic E-state index is 13.0. The zero-order valence-corrected chi connectivity index (χ0v) is 17.5. The van der Waals surface area contributed by atoms with Gasteiger partial charge in [0.15, 0.2) is 0 Å². The standard InChI is InChI=1S/C25H22N6O/c32-25-20-17-26-21-11-12-22(30-15-13-29(14-16-30)18-7-3-1-4-8-18)27-24(21)23(20)28-31(25)19-9-5-2-6-10-19/h1-12,17,28H,13-16H2. The van der Waals surface area contributed by atoms with E-state index in [2.05, 4.69) is 44.1 Å². The van der Waals surface area contributed by atoms with Crippen LogP contribution in [0.15, 0.2) is 83.8 Å². The van der Waals surface area contributed by atoms with Crippen LogP contribution in [-0.2, 0) is 0 Å². The van der Waals surface area contributed by atoms with Crippen molar-refractivity contribution in [2.45, 2.75) is 0 Å². The van der Waals surface area contributed by atoms with Crippen molar-refractivity contribution < 1.29 is 0 Å². The Morgan fingerprint density at radius 3 is 2.12 bits per heavy atom. The first kappa shape index (κ1) is 18.6. The number of nitrogens with one attached hydrogen (secondary N) is 1. The van der Waals surface area contributed by atoms with Gasteiger partial charge in [-0.2, -0.15) is 0 Å². The van der Waals surface area contributed by atoms with Gasteiger partial charge in [0.05, 0.1) is 22.1 Å². The summed E-state index contributed by atoms with van der Waals surface area (Å²) in [5.74, 6) is 0.910. The van der Waals surface area contributed by atoms with Crippen LogP contribution in [0, 0.1) is 0 Å². The van der Waals surface area contributed by atoms with Gasteiger partial charge < -0.3 is 9.80 Å². The third kappa shape index (κ3) is 3.10. The van der Waals surface area contributed by atoms with Gasteiger partial charge >= 0.3 is 0 Å². The molecule has 6 rings (SSSR count). The largest absolute Gasteiger partial charge is 0.368 e. The number of anilines is 2. The number of nitrogens with zero attached hydrogens (tertiary/aromatic N) is 5. The summed E-state index contributed by atoms with van der Waals surface area (Å²) in [6.07, 6.45) is 1.63. The molecule has 0 spiro atoms. The zero-order chi connectivity index (χ0) is 21.5. The Morgan fingerprint density at radius 2 is 1.41 bits per heavy atom. The molecule has 5 aromatic rings. The molecule has 0 aliphatic carbocycles. The first-order valence-electron chi connectivity index (χ1n) is 10.8. The maximum Gasteiger partial charge on any atom is 0.280 e. The van der Waals surface area contributed by atoms with E-state index in [4.69, 9.17) is 4.98 Å². The molecule has 7 nitrogen and oxygen atoms in total. The molecule has 7 heteroatoms. The van der Waals surface area contributed by atoms with Crippen LogP contribution >= 0.6 is 0 Å². The predicted octanol–water partition coefficient (Wildman–Crippen LogP) is 3.59. The molecule has 1 fully saturated rings. The van der Waals surface area contributed by atoms with Crippen molar-refractivity contribution in [3.63, 3.8) is 0 Å². The van der Waals surface area contributed by atoms with Crippen LogP contribution in [0.2, 0.25) is 0 Å². The molecular weight excluding hydrogens is 400 g/mol. The van der Waals surface area contributed by atoms with Gasteiger partial charge in [-0.25, -0.2) is 9.67 Å². The summed E-state index contributed by atoms with van der Waals surface area (Å²) in [7, 11) is 0. The normalized spacial score (nSPS) is 14.4. The van der Waals surface area contributed by atoms with Crippen LogP contribution in [0.5, 0.6) is 0 Å². The lowest BCUT2D eigenvalue weighted by Gasteiger charge is -2.36. The molecule has 0 amide bonds. The van der Waals surface area contributed by atoms with Crippen molar-refractivity contribution >= 4 is 33.4 Å². The van der Waals surface area contributed by atoms with Crippen LogP contribution in [0.3, 0.4) is 0 Å². The second-order valence-corrected chi connectivity index (χ2v) is 7.98. The molecule has 2 aromatic carbocycles. The summed E-state index contributed by atoms with van der Waals surface area (Å²) >= 11 is 0. The first-order valence-corrected chi connectivity index (χ1v) is 10.8. The highest BCUT2D eigenvalue weighted by Gasteiger charge is 2.20. The van der Waals surface area contributed by atoms with Gasteiger partial charge in [-0.1, -0.05) is 36.4 Å². The zero-order valence-electron chi connectivity index (χ0n) is 17.5. The Balaban J connectivity index is 1.36. The van der Waals surface area contributed by atoms with Crippen LogP contribution in [0.4, 0.5) is 11.5 Å². The van der Waals surface area contributed by atoms with E-state index in [1.807, 2.05) is 48.5 Å². The van der Waals surface area contributed by atoms with Gasteiger partial charge in [0.25, 0.3) is 5.56 Å². The Morgan fingerprint density at radius 1 is 0.750 bits per heavy atom. The van der Waals surface area contributed by atoms with E-state index in [9.17, 15) is 4.79 Å². The van der Waals surface area contributed by atoms with E-state index in [0.29, 0.717) is 10.9 Å². The molecule has 1 N–H and O–H groups in total. The lowest BCUT2D eigenvalue weighted by atomic mass is 10.2. The van der Waals surface area contributed by atoms with Gasteiger partial charge in [0.2, 0.25) is 0 Å². The topological polar surface area (TPSA) is 70.1 Å². The summed E-state index contributed by atoms with van der Waals surface area (Å²) < 4.78 is 1.55. The van der Waals surface area contributed by atoms with Crippen molar-refractivity contribution in [3.8, 4) is 5.69 Å². The van der Waals surface area contributed by atoms with Crippen LogP contribution in [0.1, 0.15) is 0 Å². The number of fused-ring (bicyclic) bond motifs is 3. The van der Waals surface area contributed by atoms with Crippen LogP contribution < -0.4 is 15.4 Å². The van der Waals surface area contributed by atoms with E-state index >= 15 is 0 Å². The van der Waals surface area contributed by atoms with E-state index in [1.165, 1.54) is 5.69 Å². The van der Waals surface area contributed by atoms with Crippen molar-refractivity contribution in [2.75, 3.05) is 36.0 Å². The summed E-state index contributed by atoms with van der Waals surface area (Å²) in [6.45, 7) is 3.65. The van der Waals surface area contributed by atoms with Crippen molar-refractivity contribution in [1.29, 1.82) is 0 Å². The Labute approximate surface area is 184 Å². The fraction of sp³-hybridized carbons (Fsp3) is 0.160. The number of aromatic nitrogens is 4. The van der Waals surface area contributed by atoms with Crippen molar-refractivity contribution in [2.24, 2.45) is 0 Å². The van der Waals surface area contributed by atoms with E-state index in [-0.39, 0.29) is 5.56 Å². The highest BCUT2D eigenvalue weighted by molar-refractivity contribution is 6.00. The molecule has 0 saturated carbocycles. The molecule has 0 bridgehead atoms. The molecule has 4 heterocycles. The number of hydrogen-bond acceptors (Lipinski definition) is 5. The minimum absolute atomic E-state index is 0.121. The monoisotopic (exact) mass is 422 g/mol. The van der Waals surface area contributed by atoms with E-state index in [0.717, 1.165) is 48.7 Å². The molecule has 1 aliphatic rings. The van der Waals surface area contributed by atoms with Crippen LogP contribution in [0.25, 0.3) is 27.6 Å². The number of benzene rings is 2. The number of pyridine rings is 2. The summed E-state index contributed by atoms with van der Waals surface area (Å²) in [6, 6.07) is 24.1. The molecule has 1 saturated heterocycles. The predicted molar refractivity (Wildman–Crippen MR) is 128 cm³/mol. The number of rotatable bonds is 3. The molecule has 1 aliphatic heterocycles. The lowest BCUT2D eigenvalue weighted by Crippen LogP contribution is -2.46. The molecule has 0 atom stereocenters. The molecule has 3 aromatic heterocycles. The minimum atomic E-state index is -0.121. The Kier molecular flexibility index (Phi) is 4.38. The van der Waals surface area contributed by atoms with Crippen molar-refractivity contribution in [1.82, 2.24) is 19.7 Å². The molecule has 0 unspecified atom stereocenters. The number of H-pyrrole nitrogens is 1. The molecule has 158 valence electrons. The lowest BCUT2D eigenvalue weighted by molar-refractivity contribution is 0.648. The molecule has 32 heavy (non-hydrogen) atoms. The quantitative estimate of drug-likeness (QED) is 0.481.